The first-order valence-corrected chi connectivity index (χ1v) is 15.2. The molecule has 0 spiro atoms. The molecule has 4 N–H and O–H groups in total. The smallest absolute Gasteiger partial charge is 0.283 e. The van der Waals surface area contributed by atoms with Gasteiger partial charge in [0.25, 0.3) is 21.9 Å². The number of aromatic nitrogens is 6. The zero-order chi connectivity index (χ0) is 28.0. The van der Waals surface area contributed by atoms with Crippen LogP contribution in [0.3, 0.4) is 0 Å². The van der Waals surface area contributed by atoms with Crippen LogP contribution >= 0.6 is 22.9 Å². The van der Waals surface area contributed by atoms with Gasteiger partial charge in [-0.25, -0.2) is 13.4 Å². The molecule has 1 aromatic carbocycles. The number of rotatable bonds is 6. The first kappa shape index (κ1) is 26.8. The third-order valence-electron chi connectivity index (χ3n) is 6.97. The van der Waals surface area contributed by atoms with Crippen molar-refractivity contribution < 1.29 is 18.0 Å². The summed E-state index contributed by atoms with van der Waals surface area (Å²) >= 11 is 7.40. The third-order valence-corrected chi connectivity index (χ3v) is 10.1. The van der Waals surface area contributed by atoms with E-state index in [9.17, 15) is 18.0 Å². The van der Waals surface area contributed by atoms with Crippen molar-refractivity contribution in [3.63, 3.8) is 0 Å². The van der Waals surface area contributed by atoms with Gasteiger partial charge in [-0.3, -0.25) is 14.9 Å². The quantitative estimate of drug-likeness (QED) is 0.252. The average molecular weight is 605 g/mol. The number of H-pyrrole nitrogens is 2. The average Bonchev–Trinajstić information content (AvgIpc) is 3.67. The highest BCUT2D eigenvalue weighted by Gasteiger charge is 2.39. The van der Waals surface area contributed by atoms with Crippen molar-refractivity contribution in [2.24, 2.45) is 0 Å². The van der Waals surface area contributed by atoms with E-state index in [1.165, 1.54) is 26.6 Å². The second-order valence-electron chi connectivity index (χ2n) is 9.74. The molecule has 2 aliphatic heterocycles. The fourth-order valence-electron chi connectivity index (χ4n) is 4.97. The summed E-state index contributed by atoms with van der Waals surface area (Å²) in [6.45, 7) is 2.75. The molecule has 6 rings (SSSR count). The number of benzene rings is 1. The largest absolute Gasteiger partial charge is 0.345 e. The highest BCUT2D eigenvalue weighted by Crippen LogP contribution is 2.29. The van der Waals surface area contributed by atoms with Crippen molar-refractivity contribution in [1.29, 1.82) is 0 Å². The maximum atomic E-state index is 13.7. The van der Waals surface area contributed by atoms with Gasteiger partial charge in [0.15, 0.2) is 5.01 Å². The Hall–Kier alpha value is -3.44. The third kappa shape index (κ3) is 5.19. The number of hydrogen-bond donors (Lipinski definition) is 4. The molecule has 17 heteroatoms. The molecular formula is C23H25ClN10O4S2. The number of tetrazole rings is 1. The normalized spacial score (nSPS) is 20.0. The number of fused-ring (bicyclic) bond motifs is 2. The standard InChI is InChI=1S/C23H25ClN10O4S2/c1-12-6-17-18(10-25-12)39-21(27-17)22(36)34-5-4-33(11-15(34)9-19(35)28-23-29-31-32-30-23)40(37,38)20-8-13-7-14(24)2-3-16(13)26-20/h2-3,7-8,12,15,25-26H,4-6,9-11H2,1H3,(H2,28,29,30,31,32,35). The van der Waals surface area contributed by atoms with Gasteiger partial charge in [0.2, 0.25) is 5.91 Å². The Bertz CT molecular complexity index is 1690. The molecule has 0 bridgehead atoms. The van der Waals surface area contributed by atoms with Gasteiger partial charge in [-0.05, 0) is 36.4 Å². The van der Waals surface area contributed by atoms with E-state index >= 15 is 0 Å². The van der Waals surface area contributed by atoms with Crippen molar-refractivity contribution in [3.8, 4) is 0 Å². The minimum Gasteiger partial charge on any atom is -0.345 e. The molecule has 2 amide bonds. The molecule has 2 atom stereocenters. The molecule has 14 nitrogen and oxygen atoms in total. The minimum absolute atomic E-state index is 0.00811. The number of nitrogens with zero attached hydrogens (tertiary/aromatic N) is 6. The first-order chi connectivity index (χ1) is 19.2. The summed E-state index contributed by atoms with van der Waals surface area (Å²) in [6.07, 6.45) is 0.537. The topological polar surface area (TPSA) is 182 Å². The Labute approximate surface area is 237 Å². The Kier molecular flexibility index (Phi) is 7.03. The Morgan fingerprint density at radius 2 is 2.10 bits per heavy atom. The van der Waals surface area contributed by atoms with E-state index in [0.717, 1.165) is 17.0 Å². The van der Waals surface area contributed by atoms with Gasteiger partial charge in [0.1, 0.15) is 5.03 Å². The number of thiazole rings is 1. The van der Waals surface area contributed by atoms with Gasteiger partial charge < -0.3 is 15.2 Å². The Balaban J connectivity index is 1.26. The van der Waals surface area contributed by atoms with Crippen molar-refractivity contribution in [1.82, 2.24) is 45.1 Å². The number of sulfonamides is 1. The number of carbonyl (C=O) groups excluding carboxylic acids is 2. The molecule has 1 fully saturated rings. The predicted octanol–water partition coefficient (Wildman–Crippen LogP) is 1.37. The minimum atomic E-state index is -3.97. The van der Waals surface area contributed by atoms with E-state index in [2.05, 4.69) is 48.1 Å². The number of nitrogens with one attached hydrogen (secondary N) is 4. The number of hydrogen-bond acceptors (Lipinski definition) is 10. The summed E-state index contributed by atoms with van der Waals surface area (Å²) < 4.78 is 28.6. The zero-order valence-electron chi connectivity index (χ0n) is 21.2. The maximum absolute atomic E-state index is 13.7. The fourth-order valence-corrected chi connectivity index (χ4v) is 7.63. The van der Waals surface area contributed by atoms with Crippen LogP contribution in [0.15, 0.2) is 29.3 Å². The van der Waals surface area contributed by atoms with Crippen LogP contribution < -0.4 is 10.6 Å². The second-order valence-corrected chi connectivity index (χ2v) is 13.2. The lowest BCUT2D eigenvalue weighted by Crippen LogP contribution is -2.57. The Morgan fingerprint density at radius 3 is 2.90 bits per heavy atom. The number of carbonyl (C=O) groups is 2. The molecule has 210 valence electrons. The molecule has 0 radical (unpaired) electrons. The van der Waals surface area contributed by atoms with Crippen LogP contribution in [0.4, 0.5) is 5.95 Å². The van der Waals surface area contributed by atoms with Crippen molar-refractivity contribution in [2.75, 3.05) is 25.0 Å². The summed E-state index contributed by atoms with van der Waals surface area (Å²) in [5, 5.41) is 20.5. The summed E-state index contributed by atoms with van der Waals surface area (Å²) in [7, 11) is -3.97. The molecule has 1 saturated heterocycles. The lowest BCUT2D eigenvalue weighted by atomic mass is 10.1. The highest BCUT2D eigenvalue weighted by atomic mass is 35.5. The number of aromatic amines is 2. The van der Waals surface area contributed by atoms with E-state index in [1.54, 1.807) is 18.2 Å². The van der Waals surface area contributed by atoms with Crippen molar-refractivity contribution in [3.05, 3.63) is 44.9 Å². The van der Waals surface area contributed by atoms with Gasteiger partial charge in [-0.15, -0.1) is 16.4 Å². The van der Waals surface area contributed by atoms with E-state index in [-0.39, 0.29) is 49.0 Å². The summed E-state index contributed by atoms with van der Waals surface area (Å²) in [6, 6.07) is 6.09. The second kappa shape index (κ2) is 10.5. The summed E-state index contributed by atoms with van der Waals surface area (Å²) in [5.74, 6) is -0.837. The molecule has 40 heavy (non-hydrogen) atoms. The molecule has 5 heterocycles. The molecule has 0 aliphatic carbocycles. The van der Waals surface area contributed by atoms with E-state index in [0.29, 0.717) is 27.5 Å². The van der Waals surface area contributed by atoms with Gasteiger partial charge in [-0.2, -0.15) is 9.52 Å². The van der Waals surface area contributed by atoms with Crippen LogP contribution in [0.25, 0.3) is 10.9 Å². The monoisotopic (exact) mass is 604 g/mol. The van der Waals surface area contributed by atoms with Gasteiger partial charge in [0, 0.05) is 65.9 Å². The number of anilines is 1. The van der Waals surface area contributed by atoms with Crippen LogP contribution in [-0.2, 0) is 27.8 Å². The zero-order valence-corrected chi connectivity index (χ0v) is 23.6. The van der Waals surface area contributed by atoms with Crippen molar-refractivity contribution in [2.45, 2.75) is 43.4 Å². The van der Waals surface area contributed by atoms with Crippen LogP contribution in [0.5, 0.6) is 0 Å². The van der Waals surface area contributed by atoms with E-state index in [4.69, 9.17) is 11.6 Å². The summed E-state index contributed by atoms with van der Waals surface area (Å²) in [4.78, 5) is 36.6. The number of halogens is 1. The van der Waals surface area contributed by atoms with Crippen molar-refractivity contribution >= 4 is 61.6 Å². The molecule has 2 aliphatic rings. The van der Waals surface area contributed by atoms with Crippen LogP contribution in [0.1, 0.15) is 33.7 Å². The summed E-state index contributed by atoms with van der Waals surface area (Å²) in [5.41, 5.74) is 1.52. The van der Waals surface area contributed by atoms with Gasteiger partial charge in [-0.1, -0.05) is 16.7 Å². The highest BCUT2D eigenvalue weighted by molar-refractivity contribution is 7.89. The number of piperazine rings is 1. The van der Waals surface area contributed by atoms with E-state index < -0.39 is 22.0 Å². The Morgan fingerprint density at radius 1 is 1.25 bits per heavy atom. The lowest BCUT2D eigenvalue weighted by Gasteiger charge is -2.40. The van der Waals surface area contributed by atoms with E-state index in [1.807, 2.05) is 0 Å². The molecule has 3 aromatic heterocycles. The van der Waals surface area contributed by atoms with Gasteiger partial charge in [0.05, 0.1) is 11.7 Å². The number of amides is 2. The maximum Gasteiger partial charge on any atom is 0.283 e. The molecule has 0 saturated carbocycles. The van der Waals surface area contributed by atoms with Crippen LogP contribution in [0.2, 0.25) is 5.02 Å². The molecule has 4 aromatic rings. The SMILES string of the molecule is CC1Cc2nc(C(=O)N3CCN(S(=O)(=O)c4cc5cc(Cl)ccc5[nH]4)CC3CC(=O)Nc3nn[nH]n3)sc2CN1. The molecular weight excluding hydrogens is 580 g/mol. The van der Waals surface area contributed by atoms with Gasteiger partial charge >= 0.3 is 0 Å². The predicted molar refractivity (Wildman–Crippen MR) is 146 cm³/mol. The first-order valence-electron chi connectivity index (χ1n) is 12.5. The molecule has 2 unspecified atom stereocenters. The lowest BCUT2D eigenvalue weighted by molar-refractivity contribution is -0.117. The van der Waals surface area contributed by atoms with Crippen LogP contribution in [0, 0.1) is 0 Å². The van der Waals surface area contributed by atoms with Crippen LogP contribution in [-0.4, -0.2) is 91.7 Å². The fraction of sp³-hybridized carbons (Fsp3) is 0.391.